The van der Waals surface area contributed by atoms with Gasteiger partial charge in [0.15, 0.2) is 0 Å². The highest BCUT2D eigenvalue weighted by molar-refractivity contribution is 7.88. The predicted octanol–water partition coefficient (Wildman–Crippen LogP) is 0.0222. The number of hydrogen-bond acceptors (Lipinski definition) is 7. The van der Waals surface area contributed by atoms with Crippen LogP contribution in [0.25, 0.3) is 0 Å². The van der Waals surface area contributed by atoms with Gasteiger partial charge in [0.2, 0.25) is 15.9 Å². The van der Waals surface area contributed by atoms with Gasteiger partial charge in [0, 0.05) is 13.0 Å². The van der Waals surface area contributed by atoms with Gasteiger partial charge in [-0.15, -0.1) is 0 Å². The molecule has 1 heterocycles. The Labute approximate surface area is 165 Å². The predicted molar refractivity (Wildman–Crippen MR) is 103 cm³/mol. The molecule has 0 aromatic heterocycles. The third-order valence-corrected chi connectivity index (χ3v) is 4.86. The van der Waals surface area contributed by atoms with E-state index in [2.05, 4.69) is 10.0 Å². The molecule has 0 fully saturated rings. The van der Waals surface area contributed by atoms with Crippen LogP contribution in [-0.2, 0) is 26.0 Å². The van der Waals surface area contributed by atoms with Gasteiger partial charge in [-0.2, -0.15) is 0 Å². The molecule has 1 aromatic carbocycles. The number of nitrogens with one attached hydrogen (secondary N) is 2. The number of hydrogen-bond donors (Lipinski definition) is 3. The average molecular weight is 412 g/mol. The maximum Gasteiger partial charge on any atom is 0.547 e. The van der Waals surface area contributed by atoms with Crippen LogP contribution in [0.4, 0.5) is 0 Å². The Kier molecular flexibility index (Phi) is 7.84. The van der Waals surface area contributed by atoms with E-state index >= 15 is 0 Å². The Morgan fingerprint density at radius 2 is 2.14 bits per heavy atom. The van der Waals surface area contributed by atoms with Gasteiger partial charge in [0.05, 0.1) is 18.8 Å². The van der Waals surface area contributed by atoms with Crippen molar-refractivity contribution in [3.05, 3.63) is 29.3 Å². The maximum absolute atomic E-state index is 12.2. The fourth-order valence-corrected chi connectivity index (χ4v) is 3.20. The van der Waals surface area contributed by atoms with Crippen LogP contribution in [0.15, 0.2) is 18.2 Å². The summed E-state index contributed by atoms with van der Waals surface area (Å²) in [4.78, 5) is 24.2. The number of fused-ring (bicyclic) bond motifs is 1. The zero-order valence-electron chi connectivity index (χ0n) is 15.9. The molecule has 1 atom stereocenters. The molecule has 0 aliphatic carbocycles. The minimum Gasteiger partial charge on any atom is -0.534 e. The third-order valence-electron chi connectivity index (χ3n) is 4.13. The molecular formula is C17H25BN2O7S. The van der Waals surface area contributed by atoms with Crippen molar-refractivity contribution in [1.82, 2.24) is 10.0 Å². The molecular weight excluding hydrogens is 387 g/mol. The van der Waals surface area contributed by atoms with Crippen LogP contribution in [0.3, 0.4) is 0 Å². The first-order valence-electron chi connectivity index (χ1n) is 9.09. The first-order valence-corrected chi connectivity index (χ1v) is 11.0. The van der Waals surface area contributed by atoms with Crippen LogP contribution < -0.4 is 14.7 Å². The lowest BCUT2D eigenvalue weighted by Gasteiger charge is -2.29. The summed E-state index contributed by atoms with van der Waals surface area (Å²) in [7, 11) is -4.72. The molecule has 1 unspecified atom stereocenters. The third kappa shape index (κ3) is 6.50. The lowest BCUT2D eigenvalue weighted by atomic mass is 9.72. The molecule has 0 radical (unpaired) electrons. The largest absolute Gasteiger partial charge is 0.547 e. The van der Waals surface area contributed by atoms with E-state index in [-0.39, 0.29) is 30.7 Å². The highest BCUT2D eigenvalue weighted by atomic mass is 32.2. The molecule has 0 saturated carbocycles. The molecule has 0 bridgehead atoms. The Balaban J connectivity index is 2.00. The number of carbonyl (C=O) groups excluding carboxylic acids is 2. The topological polar surface area (TPSA) is 131 Å². The minimum absolute atomic E-state index is 0.0430. The molecule has 0 spiro atoms. The van der Waals surface area contributed by atoms with Crippen molar-refractivity contribution in [3.8, 4) is 5.75 Å². The number of benzene rings is 1. The minimum atomic E-state index is -3.37. The van der Waals surface area contributed by atoms with Crippen molar-refractivity contribution in [2.75, 3.05) is 19.4 Å². The second-order valence-electron chi connectivity index (χ2n) is 6.59. The molecule has 3 N–H and O–H groups in total. The molecule has 1 aliphatic rings. The van der Waals surface area contributed by atoms with Crippen molar-refractivity contribution < 1.29 is 32.4 Å². The van der Waals surface area contributed by atoms with E-state index in [0.717, 1.165) is 19.1 Å². The Bertz CT molecular complexity index is 816. The zero-order valence-corrected chi connectivity index (χ0v) is 16.8. The summed E-state index contributed by atoms with van der Waals surface area (Å²) < 4.78 is 35.0. The Hall–Kier alpha value is -2.11. The number of amides is 1. The second-order valence-corrected chi connectivity index (χ2v) is 8.42. The number of ether oxygens (including phenoxy) is 1. The van der Waals surface area contributed by atoms with Gasteiger partial charge in [-0.05, 0) is 24.5 Å². The van der Waals surface area contributed by atoms with Crippen molar-refractivity contribution in [3.63, 3.8) is 0 Å². The van der Waals surface area contributed by atoms with Crippen LogP contribution in [0.2, 0.25) is 0 Å². The summed E-state index contributed by atoms with van der Waals surface area (Å²) >= 11 is 0. The van der Waals surface area contributed by atoms with Crippen LogP contribution in [0, 0.1) is 0 Å². The molecule has 0 saturated heterocycles. The summed E-state index contributed by atoms with van der Waals surface area (Å²) in [5, 5.41) is 12.9. The van der Waals surface area contributed by atoms with Crippen LogP contribution >= 0.6 is 0 Å². The van der Waals surface area contributed by atoms with E-state index in [1.807, 2.05) is 6.92 Å². The number of para-hydroxylation sites is 1. The van der Waals surface area contributed by atoms with Gasteiger partial charge in [-0.25, -0.2) is 17.9 Å². The summed E-state index contributed by atoms with van der Waals surface area (Å²) in [5.41, 5.74) is 0.893. The van der Waals surface area contributed by atoms with Crippen molar-refractivity contribution >= 4 is 29.0 Å². The molecule has 154 valence electrons. The van der Waals surface area contributed by atoms with Gasteiger partial charge in [-0.1, -0.05) is 25.5 Å². The normalized spacial score (nSPS) is 16.1. The zero-order chi connectivity index (χ0) is 20.7. The quantitative estimate of drug-likeness (QED) is 0.296. The number of sulfonamides is 1. The van der Waals surface area contributed by atoms with Crippen molar-refractivity contribution in [1.29, 1.82) is 0 Å². The molecule has 1 aliphatic heterocycles. The summed E-state index contributed by atoms with van der Waals surface area (Å²) in [6.07, 6.45) is 2.85. The van der Waals surface area contributed by atoms with Gasteiger partial charge < -0.3 is 19.7 Å². The highest BCUT2D eigenvalue weighted by Crippen LogP contribution is 2.30. The lowest BCUT2D eigenvalue weighted by Crippen LogP contribution is -2.53. The van der Waals surface area contributed by atoms with Gasteiger partial charge in [0.1, 0.15) is 11.3 Å². The smallest absolute Gasteiger partial charge is 0.534 e. The first-order chi connectivity index (χ1) is 13.2. The van der Waals surface area contributed by atoms with Gasteiger partial charge >= 0.3 is 13.1 Å². The fraction of sp³-hybridized carbons (Fsp3) is 0.529. The van der Waals surface area contributed by atoms with Crippen LogP contribution in [0.1, 0.15) is 42.1 Å². The first kappa shape index (κ1) is 22.2. The van der Waals surface area contributed by atoms with Crippen LogP contribution in [0.5, 0.6) is 5.75 Å². The van der Waals surface area contributed by atoms with E-state index in [0.29, 0.717) is 12.2 Å². The molecule has 11 heteroatoms. The molecule has 1 aromatic rings. The average Bonchev–Trinajstić information content (AvgIpc) is 2.61. The van der Waals surface area contributed by atoms with Gasteiger partial charge in [-0.3, -0.25) is 4.79 Å². The SMILES string of the molecule is CCCCOC(=O)c1cccc2c1OB(O)C(NC(=O)CCNS(C)(=O)=O)C2. The van der Waals surface area contributed by atoms with Crippen LogP contribution in [-0.4, -0.2) is 57.8 Å². The highest BCUT2D eigenvalue weighted by Gasteiger charge is 2.37. The monoisotopic (exact) mass is 412 g/mol. The fourth-order valence-electron chi connectivity index (χ4n) is 2.72. The van der Waals surface area contributed by atoms with Crippen molar-refractivity contribution in [2.24, 2.45) is 0 Å². The van der Waals surface area contributed by atoms with E-state index in [1.165, 1.54) is 0 Å². The molecule has 2 rings (SSSR count). The maximum atomic E-state index is 12.2. The Morgan fingerprint density at radius 3 is 2.82 bits per heavy atom. The molecule has 9 nitrogen and oxygen atoms in total. The summed E-state index contributed by atoms with van der Waals surface area (Å²) in [6, 6.07) is 5.00. The summed E-state index contributed by atoms with van der Waals surface area (Å²) in [5.74, 6) is -1.42. The van der Waals surface area contributed by atoms with E-state index < -0.39 is 35.0 Å². The molecule has 1 amide bonds. The van der Waals surface area contributed by atoms with E-state index in [1.54, 1.807) is 18.2 Å². The summed E-state index contributed by atoms with van der Waals surface area (Å²) in [6.45, 7) is 2.25. The number of esters is 1. The van der Waals surface area contributed by atoms with E-state index in [4.69, 9.17) is 9.39 Å². The standard InChI is InChI=1S/C17H25BN2O7S/c1-3-4-10-26-17(22)13-7-5-6-12-11-14(18(23)27-16(12)13)20-15(21)8-9-19-28(2,24)25/h5-7,14,19,23H,3-4,8-11H2,1-2H3,(H,20,21). The molecule has 28 heavy (non-hydrogen) atoms. The van der Waals surface area contributed by atoms with Crippen molar-refractivity contribution in [2.45, 2.75) is 38.5 Å². The van der Waals surface area contributed by atoms with E-state index in [9.17, 15) is 23.0 Å². The van der Waals surface area contributed by atoms with Gasteiger partial charge in [0.25, 0.3) is 0 Å². The second kappa shape index (κ2) is 9.90. The number of rotatable bonds is 9. The lowest BCUT2D eigenvalue weighted by molar-refractivity contribution is -0.121. The Morgan fingerprint density at radius 1 is 1.39 bits per heavy atom. The number of carbonyl (C=O) groups is 2. The number of unbranched alkanes of at least 4 members (excludes halogenated alkanes) is 1.